The van der Waals surface area contributed by atoms with Crippen molar-refractivity contribution in [2.75, 3.05) is 13.2 Å². The average molecular weight is 346 g/mol. The molecule has 4 heteroatoms. The van der Waals surface area contributed by atoms with E-state index >= 15 is 0 Å². The van der Waals surface area contributed by atoms with Gasteiger partial charge in [-0.25, -0.2) is 0 Å². The van der Waals surface area contributed by atoms with E-state index in [1.807, 2.05) is 38.1 Å². The summed E-state index contributed by atoms with van der Waals surface area (Å²) in [7, 11) is 0. The monoisotopic (exact) mass is 346 g/mol. The molecule has 2 saturated heterocycles. The molecule has 0 N–H and O–H groups in total. The molecule has 4 nitrogen and oxygen atoms in total. The molecule has 0 spiro atoms. The Bertz CT molecular complexity index is 560. The standard InChI is InChI=1S/C13H16O2.C8H14O2/c1-10(2)15-13-8-6-12(7-9-13)5-4-11(3)14;1-5-3-9-8-6(2)4-10-7(5)8/h4-10H,1-3H3;5-8H,3-4H2,1-2H3/t;5-,6+,7-,8-/m.1/s1. The van der Waals surface area contributed by atoms with Crippen LogP contribution >= 0.6 is 0 Å². The van der Waals surface area contributed by atoms with Crippen LogP contribution in [0.15, 0.2) is 30.3 Å². The molecular weight excluding hydrogens is 316 g/mol. The third kappa shape index (κ3) is 5.98. The van der Waals surface area contributed by atoms with Crippen molar-refractivity contribution in [3.63, 3.8) is 0 Å². The van der Waals surface area contributed by atoms with Crippen LogP contribution in [0.5, 0.6) is 5.75 Å². The van der Waals surface area contributed by atoms with Crippen LogP contribution in [0.2, 0.25) is 0 Å². The number of hydrogen-bond donors (Lipinski definition) is 0. The van der Waals surface area contributed by atoms with Crippen LogP contribution in [-0.4, -0.2) is 37.3 Å². The third-order valence-electron chi connectivity index (χ3n) is 4.31. The van der Waals surface area contributed by atoms with Gasteiger partial charge in [0, 0.05) is 11.8 Å². The number of carbonyl (C=O) groups excluding carboxylic acids is 1. The Morgan fingerprint density at radius 2 is 1.60 bits per heavy atom. The van der Waals surface area contributed by atoms with Crippen molar-refractivity contribution in [3.05, 3.63) is 35.9 Å². The lowest BCUT2D eigenvalue weighted by atomic mass is 9.99. The number of hydrogen-bond acceptors (Lipinski definition) is 4. The minimum Gasteiger partial charge on any atom is -0.491 e. The zero-order valence-corrected chi connectivity index (χ0v) is 15.9. The highest BCUT2D eigenvalue weighted by atomic mass is 16.6. The van der Waals surface area contributed by atoms with Gasteiger partial charge in [-0.15, -0.1) is 0 Å². The highest BCUT2D eigenvalue weighted by Crippen LogP contribution is 2.33. The van der Waals surface area contributed by atoms with Crippen molar-refractivity contribution < 1.29 is 19.0 Å². The van der Waals surface area contributed by atoms with Crippen molar-refractivity contribution in [3.8, 4) is 5.75 Å². The summed E-state index contributed by atoms with van der Waals surface area (Å²) in [5, 5.41) is 0. The van der Waals surface area contributed by atoms with Gasteiger partial charge in [-0.3, -0.25) is 4.79 Å². The molecule has 0 unspecified atom stereocenters. The quantitative estimate of drug-likeness (QED) is 0.769. The lowest BCUT2D eigenvalue weighted by Gasteiger charge is -2.10. The molecule has 2 aliphatic heterocycles. The fourth-order valence-electron chi connectivity index (χ4n) is 3.02. The molecule has 3 rings (SSSR count). The second-order valence-corrected chi connectivity index (χ2v) is 7.23. The summed E-state index contributed by atoms with van der Waals surface area (Å²) in [5.74, 6) is 2.12. The Balaban J connectivity index is 0.000000194. The van der Waals surface area contributed by atoms with Crippen molar-refractivity contribution in [1.29, 1.82) is 0 Å². The first kappa shape index (κ1) is 19.7. The van der Waals surface area contributed by atoms with Crippen LogP contribution in [-0.2, 0) is 14.3 Å². The second kappa shape index (κ2) is 9.16. The first-order valence-electron chi connectivity index (χ1n) is 9.05. The van der Waals surface area contributed by atoms with Crippen LogP contribution in [0, 0.1) is 11.8 Å². The number of carbonyl (C=O) groups is 1. The lowest BCUT2D eigenvalue weighted by Crippen LogP contribution is -2.23. The first-order chi connectivity index (χ1) is 11.9. The van der Waals surface area contributed by atoms with E-state index < -0.39 is 0 Å². The van der Waals surface area contributed by atoms with E-state index in [1.165, 1.54) is 6.92 Å². The van der Waals surface area contributed by atoms with Crippen LogP contribution in [0.3, 0.4) is 0 Å². The maximum absolute atomic E-state index is 10.7. The molecule has 138 valence electrons. The van der Waals surface area contributed by atoms with E-state index in [2.05, 4.69) is 13.8 Å². The summed E-state index contributed by atoms with van der Waals surface area (Å²) in [6.07, 6.45) is 4.33. The summed E-state index contributed by atoms with van der Waals surface area (Å²) in [5.41, 5.74) is 1.00. The van der Waals surface area contributed by atoms with Crippen LogP contribution in [0.25, 0.3) is 6.08 Å². The maximum atomic E-state index is 10.7. The summed E-state index contributed by atoms with van der Waals surface area (Å²) >= 11 is 0. The second-order valence-electron chi connectivity index (χ2n) is 7.23. The average Bonchev–Trinajstić information content (AvgIpc) is 3.11. The van der Waals surface area contributed by atoms with Gasteiger partial charge in [-0.05, 0) is 44.5 Å². The summed E-state index contributed by atoms with van der Waals surface area (Å²) in [4.78, 5) is 10.7. The molecule has 0 aromatic heterocycles. The Labute approximate surface area is 151 Å². The predicted molar refractivity (Wildman–Crippen MR) is 99.7 cm³/mol. The van der Waals surface area contributed by atoms with Crippen molar-refractivity contribution >= 4 is 11.9 Å². The highest BCUT2D eigenvalue weighted by molar-refractivity contribution is 5.91. The summed E-state index contributed by atoms with van der Waals surface area (Å²) in [6.45, 7) is 11.7. The van der Waals surface area contributed by atoms with Gasteiger partial charge in [0.05, 0.1) is 31.5 Å². The van der Waals surface area contributed by atoms with E-state index in [0.29, 0.717) is 24.0 Å². The lowest BCUT2D eigenvalue weighted by molar-refractivity contribution is -0.112. The number of ketones is 1. The topological polar surface area (TPSA) is 44.8 Å². The smallest absolute Gasteiger partial charge is 0.152 e. The summed E-state index contributed by atoms with van der Waals surface area (Å²) < 4.78 is 16.7. The van der Waals surface area contributed by atoms with E-state index in [1.54, 1.807) is 12.2 Å². The van der Waals surface area contributed by atoms with Crippen molar-refractivity contribution in [2.45, 2.75) is 52.9 Å². The molecule has 0 radical (unpaired) electrons. The van der Waals surface area contributed by atoms with E-state index in [4.69, 9.17) is 14.2 Å². The number of allylic oxidation sites excluding steroid dienone is 1. The van der Waals surface area contributed by atoms with Gasteiger partial charge in [0.1, 0.15) is 5.75 Å². The van der Waals surface area contributed by atoms with Crippen molar-refractivity contribution in [2.24, 2.45) is 11.8 Å². The minimum atomic E-state index is 0.0532. The zero-order chi connectivity index (χ0) is 18.4. The zero-order valence-electron chi connectivity index (χ0n) is 15.9. The van der Waals surface area contributed by atoms with Gasteiger partial charge in [0.15, 0.2) is 5.78 Å². The Kier molecular flexibility index (Phi) is 7.21. The van der Waals surface area contributed by atoms with Crippen LogP contribution in [0.4, 0.5) is 0 Å². The van der Waals surface area contributed by atoms with E-state index in [-0.39, 0.29) is 11.9 Å². The SMILES string of the molecule is CC(=O)C=Cc1ccc(OC(C)C)cc1.C[C@@H]1CO[C@H]2[C@@H]1OC[C@@H]2C. The Morgan fingerprint density at radius 3 is 2.04 bits per heavy atom. The first-order valence-corrected chi connectivity index (χ1v) is 9.05. The van der Waals surface area contributed by atoms with Gasteiger partial charge >= 0.3 is 0 Å². The molecule has 0 aliphatic carbocycles. The molecule has 2 aliphatic rings. The van der Waals surface area contributed by atoms with Crippen LogP contribution < -0.4 is 4.74 Å². The predicted octanol–water partition coefficient (Wildman–Crippen LogP) is 4.13. The number of benzene rings is 1. The fourth-order valence-corrected chi connectivity index (χ4v) is 3.02. The highest BCUT2D eigenvalue weighted by Gasteiger charge is 2.43. The molecule has 0 bridgehead atoms. The molecule has 1 aromatic carbocycles. The molecule has 0 saturated carbocycles. The van der Waals surface area contributed by atoms with Gasteiger partial charge < -0.3 is 14.2 Å². The van der Waals surface area contributed by atoms with Gasteiger partial charge in [-0.1, -0.05) is 32.1 Å². The third-order valence-corrected chi connectivity index (χ3v) is 4.31. The van der Waals surface area contributed by atoms with E-state index in [9.17, 15) is 4.79 Å². The molecular formula is C21H30O4. The largest absolute Gasteiger partial charge is 0.491 e. The Hall–Kier alpha value is -1.65. The summed E-state index contributed by atoms with van der Waals surface area (Å²) in [6, 6.07) is 7.66. The molecule has 25 heavy (non-hydrogen) atoms. The molecule has 0 amide bonds. The van der Waals surface area contributed by atoms with E-state index in [0.717, 1.165) is 24.5 Å². The molecule has 4 atom stereocenters. The normalized spacial score (nSPS) is 27.9. The molecule has 2 fully saturated rings. The minimum absolute atomic E-state index is 0.0532. The number of ether oxygens (including phenoxy) is 3. The molecule has 1 aromatic rings. The maximum Gasteiger partial charge on any atom is 0.152 e. The van der Waals surface area contributed by atoms with Gasteiger partial charge in [0.2, 0.25) is 0 Å². The number of rotatable bonds is 4. The molecule has 2 heterocycles. The number of fused-ring (bicyclic) bond motifs is 1. The van der Waals surface area contributed by atoms with Gasteiger partial charge in [0.25, 0.3) is 0 Å². The van der Waals surface area contributed by atoms with Crippen LogP contribution in [0.1, 0.15) is 40.2 Å². The van der Waals surface area contributed by atoms with Gasteiger partial charge in [-0.2, -0.15) is 0 Å². The fraction of sp³-hybridized carbons (Fsp3) is 0.571. The van der Waals surface area contributed by atoms with Crippen molar-refractivity contribution in [1.82, 2.24) is 0 Å². The Morgan fingerprint density at radius 1 is 1.08 bits per heavy atom.